The molecule has 0 aliphatic heterocycles. The molecule has 1 aromatic carbocycles. The van der Waals surface area contributed by atoms with E-state index in [0.717, 1.165) is 6.54 Å². The van der Waals surface area contributed by atoms with E-state index in [-0.39, 0.29) is 0 Å². The number of nitrogens with one attached hydrogen (secondary N) is 1. The largest absolute Gasteiger partial charge is 0.384 e. The smallest absolute Gasteiger partial charge is 0.0375 e. The highest BCUT2D eigenvalue weighted by atomic mass is 14.9. The molecule has 78 valence electrons. The summed E-state index contributed by atoms with van der Waals surface area (Å²) in [6.07, 6.45) is 1.17. The molecule has 0 amide bonds. The molecule has 3 N–H and O–H groups in total. The fraction of sp³-hybridized carbons (Fsp3) is 0.500. The second-order valence-corrected chi connectivity index (χ2v) is 3.61. The van der Waals surface area contributed by atoms with Gasteiger partial charge in [-0.1, -0.05) is 32.0 Å². The van der Waals surface area contributed by atoms with E-state index >= 15 is 0 Å². The van der Waals surface area contributed by atoms with Crippen molar-refractivity contribution in [3.63, 3.8) is 0 Å². The Morgan fingerprint density at radius 2 is 2.07 bits per heavy atom. The van der Waals surface area contributed by atoms with Gasteiger partial charge in [0.05, 0.1) is 0 Å². The number of benzene rings is 1. The van der Waals surface area contributed by atoms with Gasteiger partial charge in [0, 0.05) is 18.8 Å². The summed E-state index contributed by atoms with van der Waals surface area (Å²) in [6, 6.07) is 8.46. The van der Waals surface area contributed by atoms with E-state index in [1.165, 1.54) is 17.7 Å². The minimum absolute atomic E-state index is 0.608. The Kier molecular flexibility index (Phi) is 4.47. The Morgan fingerprint density at radius 3 is 2.71 bits per heavy atom. The molecule has 1 unspecified atom stereocenters. The molecule has 14 heavy (non-hydrogen) atoms. The molecule has 0 saturated heterocycles. The van der Waals surface area contributed by atoms with Gasteiger partial charge in [-0.05, 0) is 24.0 Å². The van der Waals surface area contributed by atoms with Crippen LogP contribution in [0.15, 0.2) is 24.3 Å². The van der Waals surface area contributed by atoms with E-state index in [1.807, 2.05) is 0 Å². The van der Waals surface area contributed by atoms with Crippen LogP contribution < -0.4 is 11.1 Å². The second-order valence-electron chi connectivity index (χ2n) is 3.61. The number of hydrogen-bond donors (Lipinski definition) is 2. The summed E-state index contributed by atoms with van der Waals surface area (Å²) >= 11 is 0. The first-order chi connectivity index (χ1) is 6.79. The van der Waals surface area contributed by atoms with Gasteiger partial charge in [0.15, 0.2) is 0 Å². The standard InChI is InChI=1S/C12H20N2/c1-3-10(2)11-6-4-5-7-12(11)14-9-8-13/h4-7,10,14H,3,8-9,13H2,1-2H3. The minimum atomic E-state index is 0.608. The lowest BCUT2D eigenvalue weighted by Gasteiger charge is -2.15. The molecule has 0 radical (unpaired) electrons. The Labute approximate surface area is 86.5 Å². The summed E-state index contributed by atoms with van der Waals surface area (Å²) in [7, 11) is 0. The first-order valence-corrected chi connectivity index (χ1v) is 5.32. The minimum Gasteiger partial charge on any atom is -0.384 e. The quantitative estimate of drug-likeness (QED) is 0.752. The Morgan fingerprint density at radius 1 is 1.36 bits per heavy atom. The van der Waals surface area contributed by atoms with Crippen LogP contribution in [0.1, 0.15) is 31.7 Å². The zero-order chi connectivity index (χ0) is 10.4. The summed E-state index contributed by atoms with van der Waals surface area (Å²) in [5.74, 6) is 0.608. The Balaban J connectivity index is 2.79. The van der Waals surface area contributed by atoms with Crippen molar-refractivity contribution in [3.8, 4) is 0 Å². The average molecular weight is 192 g/mol. The normalized spacial score (nSPS) is 12.5. The van der Waals surface area contributed by atoms with Crippen molar-refractivity contribution in [1.29, 1.82) is 0 Å². The highest BCUT2D eigenvalue weighted by Crippen LogP contribution is 2.25. The zero-order valence-electron chi connectivity index (χ0n) is 9.09. The molecule has 1 rings (SSSR count). The van der Waals surface area contributed by atoms with E-state index in [9.17, 15) is 0 Å². The highest BCUT2D eigenvalue weighted by molar-refractivity contribution is 5.52. The van der Waals surface area contributed by atoms with E-state index in [1.54, 1.807) is 0 Å². The van der Waals surface area contributed by atoms with Crippen LogP contribution in [-0.4, -0.2) is 13.1 Å². The number of para-hydroxylation sites is 1. The van der Waals surface area contributed by atoms with Crippen molar-refractivity contribution in [2.24, 2.45) is 5.73 Å². The first kappa shape index (κ1) is 11.1. The lowest BCUT2D eigenvalue weighted by Crippen LogP contribution is -2.14. The summed E-state index contributed by atoms with van der Waals surface area (Å²) < 4.78 is 0. The molecule has 0 spiro atoms. The molecule has 1 atom stereocenters. The predicted octanol–water partition coefficient (Wildman–Crippen LogP) is 2.57. The molecule has 0 saturated carbocycles. The maximum Gasteiger partial charge on any atom is 0.0375 e. The van der Waals surface area contributed by atoms with Crippen molar-refractivity contribution in [2.75, 3.05) is 18.4 Å². The topological polar surface area (TPSA) is 38.0 Å². The van der Waals surface area contributed by atoms with Crippen LogP contribution >= 0.6 is 0 Å². The monoisotopic (exact) mass is 192 g/mol. The third-order valence-electron chi connectivity index (χ3n) is 2.56. The van der Waals surface area contributed by atoms with Gasteiger partial charge in [-0.2, -0.15) is 0 Å². The molecular weight excluding hydrogens is 172 g/mol. The van der Waals surface area contributed by atoms with Crippen LogP contribution in [0.25, 0.3) is 0 Å². The van der Waals surface area contributed by atoms with Gasteiger partial charge in [0.25, 0.3) is 0 Å². The number of nitrogens with two attached hydrogens (primary N) is 1. The summed E-state index contributed by atoms with van der Waals surface area (Å²) in [5, 5.41) is 3.35. The maximum absolute atomic E-state index is 5.47. The molecule has 1 aromatic rings. The fourth-order valence-electron chi connectivity index (χ4n) is 1.51. The van der Waals surface area contributed by atoms with Gasteiger partial charge in [-0.3, -0.25) is 0 Å². The van der Waals surface area contributed by atoms with Crippen molar-refractivity contribution in [1.82, 2.24) is 0 Å². The average Bonchev–Trinajstić information content (AvgIpc) is 2.25. The van der Waals surface area contributed by atoms with E-state index in [4.69, 9.17) is 5.73 Å². The van der Waals surface area contributed by atoms with E-state index < -0.39 is 0 Å². The molecule has 0 fully saturated rings. The summed E-state index contributed by atoms with van der Waals surface area (Å²) in [5.41, 5.74) is 8.09. The van der Waals surface area contributed by atoms with Gasteiger partial charge in [0.1, 0.15) is 0 Å². The fourth-order valence-corrected chi connectivity index (χ4v) is 1.51. The first-order valence-electron chi connectivity index (χ1n) is 5.32. The zero-order valence-corrected chi connectivity index (χ0v) is 9.09. The van der Waals surface area contributed by atoms with Crippen LogP contribution in [0.4, 0.5) is 5.69 Å². The van der Waals surface area contributed by atoms with E-state index in [2.05, 4.69) is 43.4 Å². The maximum atomic E-state index is 5.47. The van der Waals surface area contributed by atoms with Crippen molar-refractivity contribution in [2.45, 2.75) is 26.2 Å². The predicted molar refractivity (Wildman–Crippen MR) is 62.7 cm³/mol. The molecule has 0 aliphatic carbocycles. The van der Waals surface area contributed by atoms with Crippen LogP contribution in [0.2, 0.25) is 0 Å². The van der Waals surface area contributed by atoms with Crippen molar-refractivity contribution >= 4 is 5.69 Å². The number of hydrogen-bond acceptors (Lipinski definition) is 2. The number of anilines is 1. The molecule has 0 aliphatic rings. The van der Waals surface area contributed by atoms with Crippen molar-refractivity contribution in [3.05, 3.63) is 29.8 Å². The van der Waals surface area contributed by atoms with Gasteiger partial charge < -0.3 is 11.1 Å². The molecule has 0 aromatic heterocycles. The molecule has 0 heterocycles. The summed E-state index contributed by atoms with van der Waals surface area (Å²) in [6.45, 7) is 5.98. The lowest BCUT2D eigenvalue weighted by molar-refractivity contribution is 0.734. The SMILES string of the molecule is CCC(C)c1ccccc1NCCN. The van der Waals surface area contributed by atoms with Crippen LogP contribution in [0.5, 0.6) is 0 Å². The Hall–Kier alpha value is -1.02. The van der Waals surface area contributed by atoms with Crippen molar-refractivity contribution < 1.29 is 0 Å². The van der Waals surface area contributed by atoms with Gasteiger partial charge in [-0.25, -0.2) is 0 Å². The summed E-state index contributed by atoms with van der Waals surface area (Å²) in [4.78, 5) is 0. The van der Waals surface area contributed by atoms with Crippen LogP contribution in [0, 0.1) is 0 Å². The molecule has 0 bridgehead atoms. The van der Waals surface area contributed by atoms with Gasteiger partial charge in [0.2, 0.25) is 0 Å². The van der Waals surface area contributed by atoms with Gasteiger partial charge in [-0.15, -0.1) is 0 Å². The van der Waals surface area contributed by atoms with E-state index in [0.29, 0.717) is 12.5 Å². The third-order valence-corrected chi connectivity index (χ3v) is 2.56. The number of rotatable bonds is 5. The lowest BCUT2D eigenvalue weighted by atomic mass is 9.97. The molecular formula is C12H20N2. The third kappa shape index (κ3) is 2.74. The van der Waals surface area contributed by atoms with Crippen LogP contribution in [0.3, 0.4) is 0 Å². The van der Waals surface area contributed by atoms with Gasteiger partial charge >= 0.3 is 0 Å². The molecule has 2 heteroatoms. The second kappa shape index (κ2) is 5.66. The Bertz CT molecular complexity index is 271. The highest BCUT2D eigenvalue weighted by Gasteiger charge is 2.06. The molecule has 2 nitrogen and oxygen atoms in total. The van der Waals surface area contributed by atoms with Crippen LogP contribution in [-0.2, 0) is 0 Å².